The lowest BCUT2D eigenvalue weighted by molar-refractivity contribution is -0.187. The number of ether oxygens (including phenoxy) is 2. The lowest BCUT2D eigenvalue weighted by Crippen LogP contribution is -2.16. The largest absolute Gasteiger partial charge is 0.419 e. The fraction of sp³-hybridized carbons (Fsp3) is 0.273. The maximum absolute atomic E-state index is 10.9. The summed E-state index contributed by atoms with van der Waals surface area (Å²) < 4.78 is 9.59. The molecule has 0 amide bonds. The Balaban J connectivity index is 2.99. The molecule has 0 N–H and O–H groups in total. The molecule has 1 aromatic heterocycles. The summed E-state index contributed by atoms with van der Waals surface area (Å²) >= 11 is 0. The van der Waals surface area contributed by atoms with Crippen molar-refractivity contribution in [1.82, 2.24) is 4.98 Å². The van der Waals surface area contributed by atoms with Gasteiger partial charge in [-0.05, 0) is 12.1 Å². The minimum absolute atomic E-state index is 0.145. The van der Waals surface area contributed by atoms with Gasteiger partial charge in [-0.3, -0.25) is 9.59 Å². The first-order valence-corrected chi connectivity index (χ1v) is 4.74. The molecule has 0 fully saturated rings. The van der Waals surface area contributed by atoms with Crippen molar-refractivity contribution in [2.75, 3.05) is 0 Å². The lowest BCUT2D eigenvalue weighted by Gasteiger charge is -2.15. The van der Waals surface area contributed by atoms with Crippen LogP contribution in [0.2, 0.25) is 0 Å². The first-order valence-electron chi connectivity index (χ1n) is 4.74. The number of esters is 2. The van der Waals surface area contributed by atoms with Crippen LogP contribution < -0.4 is 0 Å². The maximum Gasteiger partial charge on any atom is 0.306 e. The predicted molar refractivity (Wildman–Crippen MR) is 55.2 cm³/mol. The fourth-order valence-electron chi connectivity index (χ4n) is 1.09. The zero-order valence-corrected chi connectivity index (χ0v) is 9.34. The van der Waals surface area contributed by atoms with Gasteiger partial charge >= 0.3 is 11.9 Å². The van der Waals surface area contributed by atoms with Crippen molar-refractivity contribution in [3.05, 3.63) is 29.6 Å². The average Bonchev–Trinajstić information content (AvgIpc) is 2.27. The van der Waals surface area contributed by atoms with Crippen molar-refractivity contribution < 1.29 is 19.1 Å². The van der Waals surface area contributed by atoms with E-state index in [1.54, 1.807) is 6.07 Å². The van der Waals surface area contributed by atoms with E-state index < -0.39 is 18.2 Å². The molecule has 0 atom stereocenters. The van der Waals surface area contributed by atoms with Crippen LogP contribution in [0.25, 0.3) is 0 Å². The second-order valence-corrected chi connectivity index (χ2v) is 3.11. The van der Waals surface area contributed by atoms with Crippen molar-refractivity contribution in [1.29, 1.82) is 5.26 Å². The number of hydrogen-bond acceptors (Lipinski definition) is 6. The Morgan fingerprint density at radius 1 is 1.29 bits per heavy atom. The smallest absolute Gasteiger partial charge is 0.306 e. The van der Waals surface area contributed by atoms with E-state index in [4.69, 9.17) is 14.7 Å². The highest BCUT2D eigenvalue weighted by molar-refractivity contribution is 5.68. The minimum atomic E-state index is -1.22. The summed E-state index contributed by atoms with van der Waals surface area (Å²) in [5.41, 5.74) is 0.334. The monoisotopic (exact) mass is 234 g/mol. The number of hydrogen-bond donors (Lipinski definition) is 0. The Labute approximate surface area is 97.8 Å². The van der Waals surface area contributed by atoms with Crippen molar-refractivity contribution >= 4 is 11.9 Å². The third kappa shape index (κ3) is 3.91. The van der Waals surface area contributed by atoms with E-state index in [-0.39, 0.29) is 11.4 Å². The molecule has 1 rings (SSSR count). The molecule has 0 radical (unpaired) electrons. The predicted octanol–water partition coefficient (Wildman–Crippen LogP) is 1.08. The number of aromatic nitrogens is 1. The number of rotatable bonds is 3. The van der Waals surface area contributed by atoms with E-state index in [0.717, 1.165) is 0 Å². The summed E-state index contributed by atoms with van der Waals surface area (Å²) in [5, 5.41) is 8.68. The Morgan fingerprint density at radius 3 is 2.35 bits per heavy atom. The molecule has 0 unspecified atom stereocenters. The van der Waals surface area contributed by atoms with E-state index in [2.05, 4.69) is 4.98 Å². The minimum Gasteiger partial charge on any atom is -0.419 e. The summed E-state index contributed by atoms with van der Waals surface area (Å²) in [6, 6.07) is 6.38. The first kappa shape index (κ1) is 12.6. The van der Waals surface area contributed by atoms with E-state index in [0.29, 0.717) is 0 Å². The Kier molecular flexibility index (Phi) is 4.17. The van der Waals surface area contributed by atoms with Crippen LogP contribution >= 0.6 is 0 Å². The lowest BCUT2D eigenvalue weighted by atomic mass is 10.3. The van der Waals surface area contributed by atoms with Gasteiger partial charge in [-0.25, -0.2) is 4.98 Å². The molecule has 0 saturated carbocycles. The molecule has 0 aliphatic carbocycles. The highest BCUT2D eigenvalue weighted by Crippen LogP contribution is 2.17. The van der Waals surface area contributed by atoms with Gasteiger partial charge < -0.3 is 9.47 Å². The van der Waals surface area contributed by atoms with Gasteiger partial charge in [-0.1, -0.05) is 6.07 Å². The summed E-state index contributed by atoms with van der Waals surface area (Å²) in [5.74, 6) is -1.22. The molecule has 6 nitrogen and oxygen atoms in total. The van der Waals surface area contributed by atoms with Gasteiger partial charge in [0.1, 0.15) is 17.5 Å². The number of nitriles is 1. The van der Waals surface area contributed by atoms with Crippen LogP contribution in [0.5, 0.6) is 0 Å². The van der Waals surface area contributed by atoms with Crippen LogP contribution in [0.1, 0.15) is 31.5 Å². The van der Waals surface area contributed by atoms with E-state index in [9.17, 15) is 9.59 Å². The molecule has 1 heterocycles. The van der Waals surface area contributed by atoms with Crippen LogP contribution in [0.15, 0.2) is 18.2 Å². The van der Waals surface area contributed by atoms with Crippen molar-refractivity contribution in [2.45, 2.75) is 20.1 Å². The summed E-state index contributed by atoms with van der Waals surface area (Å²) in [6.07, 6.45) is -1.22. The van der Waals surface area contributed by atoms with Crippen molar-refractivity contribution in [3.8, 4) is 6.07 Å². The van der Waals surface area contributed by atoms with Crippen molar-refractivity contribution in [3.63, 3.8) is 0 Å². The summed E-state index contributed by atoms with van der Waals surface area (Å²) in [6.45, 7) is 2.37. The molecule has 0 aromatic carbocycles. The number of nitrogens with zero attached hydrogens (tertiary/aromatic N) is 2. The van der Waals surface area contributed by atoms with E-state index in [1.165, 1.54) is 26.0 Å². The normalized spacial score (nSPS) is 9.53. The maximum atomic E-state index is 10.9. The molecule has 0 aliphatic rings. The van der Waals surface area contributed by atoms with Crippen LogP contribution in [0.3, 0.4) is 0 Å². The second kappa shape index (κ2) is 5.61. The Hall–Kier alpha value is -2.42. The van der Waals surface area contributed by atoms with Crippen LogP contribution in [-0.4, -0.2) is 16.9 Å². The van der Waals surface area contributed by atoms with E-state index in [1.807, 2.05) is 6.07 Å². The zero-order valence-electron chi connectivity index (χ0n) is 9.34. The molecule has 0 saturated heterocycles. The average molecular weight is 234 g/mol. The summed E-state index contributed by atoms with van der Waals surface area (Å²) in [4.78, 5) is 25.6. The number of carbonyl (C=O) groups excluding carboxylic acids is 2. The fourth-order valence-corrected chi connectivity index (χ4v) is 1.09. The summed E-state index contributed by atoms with van der Waals surface area (Å²) in [7, 11) is 0. The molecule has 0 bridgehead atoms. The topological polar surface area (TPSA) is 89.3 Å². The molecule has 0 spiro atoms. The Morgan fingerprint density at radius 2 is 1.88 bits per heavy atom. The SMILES string of the molecule is CC(=O)OC(OC(C)=O)c1cccc(C#N)n1. The number of pyridine rings is 1. The third-order valence-electron chi connectivity index (χ3n) is 1.67. The molecule has 17 heavy (non-hydrogen) atoms. The van der Waals surface area contributed by atoms with Gasteiger partial charge in [0, 0.05) is 13.8 Å². The van der Waals surface area contributed by atoms with E-state index >= 15 is 0 Å². The van der Waals surface area contributed by atoms with Gasteiger partial charge in [0.2, 0.25) is 0 Å². The van der Waals surface area contributed by atoms with Crippen LogP contribution in [0, 0.1) is 11.3 Å². The molecule has 0 aliphatic heterocycles. The highest BCUT2D eigenvalue weighted by Gasteiger charge is 2.19. The van der Waals surface area contributed by atoms with Gasteiger partial charge in [0.25, 0.3) is 6.29 Å². The molecule has 1 aromatic rings. The standard InChI is InChI=1S/C11H10N2O4/c1-7(14)16-11(17-8(2)15)10-5-3-4-9(6-12)13-10/h3-5,11H,1-2H3. The zero-order chi connectivity index (χ0) is 12.8. The highest BCUT2D eigenvalue weighted by atomic mass is 16.7. The molecule has 88 valence electrons. The molecular formula is C11H10N2O4. The van der Waals surface area contributed by atoms with Crippen LogP contribution in [-0.2, 0) is 19.1 Å². The second-order valence-electron chi connectivity index (χ2n) is 3.11. The first-order chi connectivity index (χ1) is 8.02. The third-order valence-corrected chi connectivity index (χ3v) is 1.67. The van der Waals surface area contributed by atoms with Gasteiger partial charge in [0.05, 0.1) is 0 Å². The Bertz CT molecular complexity index is 463. The molecule has 6 heteroatoms. The molecular weight excluding hydrogens is 224 g/mol. The number of carbonyl (C=O) groups is 2. The van der Waals surface area contributed by atoms with Crippen LogP contribution in [0.4, 0.5) is 0 Å². The van der Waals surface area contributed by atoms with Gasteiger partial charge in [-0.15, -0.1) is 0 Å². The van der Waals surface area contributed by atoms with Crippen molar-refractivity contribution in [2.24, 2.45) is 0 Å². The quantitative estimate of drug-likeness (QED) is 0.574. The van der Waals surface area contributed by atoms with Gasteiger partial charge in [-0.2, -0.15) is 5.26 Å². The van der Waals surface area contributed by atoms with Gasteiger partial charge in [0.15, 0.2) is 0 Å².